The summed E-state index contributed by atoms with van der Waals surface area (Å²) < 4.78 is 5.23. The zero-order chi connectivity index (χ0) is 15.5. The van der Waals surface area contributed by atoms with E-state index in [-0.39, 0.29) is 30.0 Å². The van der Waals surface area contributed by atoms with Crippen LogP contribution in [-0.2, 0) is 5.41 Å². The Kier molecular flexibility index (Phi) is 4.88. The fourth-order valence-corrected chi connectivity index (χ4v) is 2.62. The highest BCUT2D eigenvalue weighted by atomic mass is 16.5. The van der Waals surface area contributed by atoms with Gasteiger partial charge < -0.3 is 14.9 Å². The number of hydrogen-bond acceptors (Lipinski definition) is 4. The van der Waals surface area contributed by atoms with Gasteiger partial charge >= 0.3 is 6.03 Å². The molecule has 2 atom stereocenters. The molecule has 6 heteroatoms. The summed E-state index contributed by atoms with van der Waals surface area (Å²) in [6.07, 6.45) is 4.06. The monoisotopic (exact) mass is 295 g/mol. The summed E-state index contributed by atoms with van der Waals surface area (Å²) in [5, 5.41) is 18.8. The third kappa shape index (κ3) is 4.20. The molecule has 118 valence electrons. The van der Waals surface area contributed by atoms with Gasteiger partial charge in [-0.25, -0.2) is 4.79 Å². The second kappa shape index (κ2) is 6.47. The van der Waals surface area contributed by atoms with Crippen molar-refractivity contribution in [2.24, 2.45) is 5.92 Å². The molecule has 0 radical (unpaired) electrons. The average Bonchev–Trinajstić information content (AvgIpc) is 2.87. The molecule has 21 heavy (non-hydrogen) atoms. The van der Waals surface area contributed by atoms with E-state index in [1.807, 2.05) is 20.8 Å². The molecule has 0 bridgehead atoms. The van der Waals surface area contributed by atoms with Crippen molar-refractivity contribution >= 4 is 11.8 Å². The molecule has 2 amide bonds. The lowest BCUT2D eigenvalue weighted by Gasteiger charge is -2.30. The molecule has 1 aliphatic rings. The highest BCUT2D eigenvalue weighted by Crippen LogP contribution is 2.25. The molecule has 3 N–H and O–H groups in total. The highest BCUT2D eigenvalue weighted by Gasteiger charge is 2.26. The highest BCUT2D eigenvalue weighted by molar-refractivity contribution is 5.88. The molecule has 0 aromatic carbocycles. The van der Waals surface area contributed by atoms with Crippen molar-refractivity contribution in [1.82, 2.24) is 10.5 Å². The van der Waals surface area contributed by atoms with E-state index in [0.717, 1.165) is 31.4 Å². The number of aliphatic hydroxyl groups is 1. The van der Waals surface area contributed by atoms with Crippen LogP contribution in [0.15, 0.2) is 10.6 Å². The first kappa shape index (κ1) is 15.8. The number of rotatable bonds is 3. The van der Waals surface area contributed by atoms with Gasteiger partial charge in [-0.1, -0.05) is 38.8 Å². The first-order valence-electron chi connectivity index (χ1n) is 7.55. The van der Waals surface area contributed by atoms with Crippen molar-refractivity contribution in [3.05, 3.63) is 11.8 Å². The number of aliphatic hydroxyl groups excluding tert-OH is 1. The van der Waals surface area contributed by atoms with Gasteiger partial charge in [0.2, 0.25) is 0 Å². The van der Waals surface area contributed by atoms with Crippen molar-refractivity contribution in [2.45, 2.75) is 57.9 Å². The summed E-state index contributed by atoms with van der Waals surface area (Å²) in [4.78, 5) is 12.0. The summed E-state index contributed by atoms with van der Waals surface area (Å²) in [5.41, 5.74) is -0.144. The quantitative estimate of drug-likeness (QED) is 0.800. The van der Waals surface area contributed by atoms with E-state index in [1.165, 1.54) is 0 Å². The summed E-state index contributed by atoms with van der Waals surface area (Å²) in [7, 11) is 0. The Hall–Kier alpha value is -1.56. The van der Waals surface area contributed by atoms with Crippen LogP contribution in [0.5, 0.6) is 0 Å². The predicted octanol–water partition coefficient (Wildman–Crippen LogP) is 2.64. The van der Waals surface area contributed by atoms with E-state index < -0.39 is 0 Å². The van der Waals surface area contributed by atoms with Crippen LogP contribution in [0, 0.1) is 5.92 Å². The first-order chi connectivity index (χ1) is 9.90. The van der Waals surface area contributed by atoms with E-state index in [0.29, 0.717) is 5.82 Å². The van der Waals surface area contributed by atoms with E-state index in [4.69, 9.17) is 4.52 Å². The fraction of sp³-hybridized carbons (Fsp3) is 0.733. The number of nitrogens with one attached hydrogen (secondary N) is 2. The minimum atomic E-state index is -0.297. The molecule has 6 nitrogen and oxygen atoms in total. The predicted molar refractivity (Wildman–Crippen MR) is 80.2 cm³/mol. The third-order valence-electron chi connectivity index (χ3n) is 3.95. The Labute approximate surface area is 125 Å². The van der Waals surface area contributed by atoms with E-state index >= 15 is 0 Å². The van der Waals surface area contributed by atoms with Gasteiger partial charge in [0, 0.05) is 30.0 Å². The van der Waals surface area contributed by atoms with Gasteiger partial charge in [-0.3, -0.25) is 5.32 Å². The van der Waals surface area contributed by atoms with Crippen LogP contribution in [0.2, 0.25) is 0 Å². The van der Waals surface area contributed by atoms with Gasteiger partial charge in [-0.05, 0) is 12.8 Å². The molecule has 0 spiro atoms. The first-order valence-corrected chi connectivity index (χ1v) is 7.55. The zero-order valence-corrected chi connectivity index (χ0v) is 13.0. The number of hydrogen-bond donors (Lipinski definition) is 3. The summed E-state index contributed by atoms with van der Waals surface area (Å²) in [6.45, 7) is 6.17. The molecule has 1 fully saturated rings. The SMILES string of the molecule is CC(C)(C)c1cc(NC(=O)NC2CCCCC2CO)no1. The number of aromatic nitrogens is 1. The van der Waals surface area contributed by atoms with Gasteiger partial charge in [0.1, 0.15) is 5.76 Å². The number of anilines is 1. The van der Waals surface area contributed by atoms with Gasteiger partial charge in [0.25, 0.3) is 0 Å². The average molecular weight is 295 g/mol. The summed E-state index contributed by atoms with van der Waals surface area (Å²) in [5.74, 6) is 1.28. The Morgan fingerprint density at radius 1 is 1.43 bits per heavy atom. The molecule has 1 aliphatic carbocycles. The van der Waals surface area contributed by atoms with Crippen LogP contribution in [0.25, 0.3) is 0 Å². The van der Waals surface area contributed by atoms with Crippen molar-refractivity contribution < 1.29 is 14.4 Å². The molecule has 1 saturated carbocycles. The molecule has 1 heterocycles. The normalized spacial score (nSPS) is 22.9. The van der Waals surface area contributed by atoms with Crippen LogP contribution >= 0.6 is 0 Å². The van der Waals surface area contributed by atoms with Crippen LogP contribution in [0.1, 0.15) is 52.2 Å². The zero-order valence-electron chi connectivity index (χ0n) is 13.0. The maximum Gasteiger partial charge on any atom is 0.320 e. The van der Waals surface area contributed by atoms with Crippen LogP contribution in [0.4, 0.5) is 10.6 Å². The standard InChI is InChI=1S/C15H25N3O3/c1-15(2,3)12-8-13(18-21-12)17-14(20)16-11-7-5-4-6-10(11)9-19/h8,10-11,19H,4-7,9H2,1-3H3,(H2,16,17,18,20). The van der Waals surface area contributed by atoms with E-state index in [2.05, 4.69) is 15.8 Å². The van der Waals surface area contributed by atoms with Crippen LogP contribution in [0.3, 0.4) is 0 Å². The Morgan fingerprint density at radius 2 is 2.14 bits per heavy atom. The van der Waals surface area contributed by atoms with Gasteiger partial charge in [-0.2, -0.15) is 0 Å². The smallest absolute Gasteiger partial charge is 0.320 e. The topological polar surface area (TPSA) is 87.4 Å². The molecule has 2 rings (SSSR count). The number of carbonyl (C=O) groups is 1. The summed E-state index contributed by atoms with van der Waals surface area (Å²) in [6, 6.07) is 1.47. The van der Waals surface area contributed by atoms with Crippen LogP contribution < -0.4 is 10.6 Å². The summed E-state index contributed by atoms with van der Waals surface area (Å²) >= 11 is 0. The maximum absolute atomic E-state index is 12.0. The molecular weight excluding hydrogens is 270 g/mol. The number of urea groups is 1. The third-order valence-corrected chi connectivity index (χ3v) is 3.95. The van der Waals surface area contributed by atoms with Crippen LogP contribution in [-0.4, -0.2) is 28.9 Å². The Balaban J connectivity index is 1.91. The van der Waals surface area contributed by atoms with E-state index in [1.54, 1.807) is 6.07 Å². The van der Waals surface area contributed by atoms with Crippen molar-refractivity contribution in [3.8, 4) is 0 Å². The van der Waals surface area contributed by atoms with Crippen molar-refractivity contribution in [3.63, 3.8) is 0 Å². The lowest BCUT2D eigenvalue weighted by Crippen LogP contribution is -2.45. The van der Waals surface area contributed by atoms with Gasteiger partial charge in [-0.15, -0.1) is 0 Å². The lowest BCUT2D eigenvalue weighted by atomic mass is 9.85. The Bertz CT molecular complexity index is 479. The largest absolute Gasteiger partial charge is 0.396 e. The minimum absolute atomic E-state index is 0.0257. The minimum Gasteiger partial charge on any atom is -0.396 e. The van der Waals surface area contributed by atoms with Crippen molar-refractivity contribution in [2.75, 3.05) is 11.9 Å². The fourth-order valence-electron chi connectivity index (χ4n) is 2.62. The van der Waals surface area contributed by atoms with E-state index in [9.17, 15) is 9.90 Å². The number of amides is 2. The number of nitrogens with zero attached hydrogens (tertiary/aromatic N) is 1. The van der Waals surface area contributed by atoms with Crippen molar-refractivity contribution in [1.29, 1.82) is 0 Å². The second-order valence-electron chi connectivity index (χ2n) is 6.76. The molecule has 0 saturated heterocycles. The second-order valence-corrected chi connectivity index (χ2v) is 6.76. The molecule has 0 aliphatic heterocycles. The molecule has 1 aromatic heterocycles. The van der Waals surface area contributed by atoms with Gasteiger partial charge in [0.15, 0.2) is 5.82 Å². The maximum atomic E-state index is 12.0. The molecule has 2 unspecified atom stereocenters. The van der Waals surface area contributed by atoms with Gasteiger partial charge in [0.05, 0.1) is 0 Å². The molecule has 1 aromatic rings. The lowest BCUT2D eigenvalue weighted by molar-refractivity contribution is 0.156. The number of carbonyl (C=O) groups excluding carboxylic acids is 1. The Morgan fingerprint density at radius 3 is 2.76 bits per heavy atom. The molecular formula is C15H25N3O3.